The van der Waals surface area contributed by atoms with E-state index in [1.807, 2.05) is 30.3 Å². The van der Waals surface area contributed by atoms with Crippen molar-refractivity contribution in [3.05, 3.63) is 52.1 Å². The molecule has 1 saturated carbocycles. The largest absolute Gasteiger partial charge is 0.352 e. The lowest BCUT2D eigenvalue weighted by molar-refractivity contribution is 0.0937. The van der Waals surface area contributed by atoms with Gasteiger partial charge in [-0.05, 0) is 54.5 Å². The third kappa shape index (κ3) is 4.60. The molecule has 2 N–H and O–H groups in total. The maximum atomic E-state index is 12.6. The number of anilines is 2. The maximum absolute atomic E-state index is 12.6. The zero-order valence-electron chi connectivity index (χ0n) is 14.7. The van der Waals surface area contributed by atoms with Gasteiger partial charge in [-0.1, -0.05) is 42.3 Å². The molecule has 0 bridgehead atoms. The number of halogens is 1. The highest BCUT2D eigenvalue weighted by Crippen LogP contribution is 2.27. The molecule has 4 nitrogen and oxygen atoms in total. The van der Waals surface area contributed by atoms with Gasteiger partial charge in [-0.25, -0.2) is 4.98 Å². The van der Waals surface area contributed by atoms with Gasteiger partial charge in [-0.3, -0.25) is 4.79 Å². The van der Waals surface area contributed by atoms with Crippen LogP contribution in [0.2, 0.25) is 0 Å². The number of hydrogen-bond donors (Lipinski definition) is 2. The van der Waals surface area contributed by atoms with Crippen LogP contribution in [-0.2, 0) is 0 Å². The lowest BCUT2D eigenvalue weighted by Crippen LogP contribution is -2.32. The SMILES string of the molecule is CC(C)c1cc(Nc2cccc(Br)c2)ncc1C(=O)NCC1CCC1. The van der Waals surface area contributed by atoms with E-state index in [9.17, 15) is 4.79 Å². The van der Waals surface area contributed by atoms with Crippen molar-refractivity contribution in [3.8, 4) is 0 Å². The number of aromatic nitrogens is 1. The molecule has 1 amide bonds. The first-order chi connectivity index (χ1) is 12.0. The summed E-state index contributed by atoms with van der Waals surface area (Å²) in [7, 11) is 0. The molecular weight excluding hydrogens is 378 g/mol. The van der Waals surface area contributed by atoms with E-state index >= 15 is 0 Å². The monoisotopic (exact) mass is 401 g/mol. The molecule has 0 atom stereocenters. The molecule has 1 aliphatic rings. The Morgan fingerprint density at radius 2 is 2.12 bits per heavy atom. The first kappa shape index (κ1) is 17.9. The average molecular weight is 402 g/mol. The maximum Gasteiger partial charge on any atom is 0.253 e. The van der Waals surface area contributed by atoms with Crippen LogP contribution in [0.5, 0.6) is 0 Å². The smallest absolute Gasteiger partial charge is 0.253 e. The van der Waals surface area contributed by atoms with Gasteiger partial charge < -0.3 is 10.6 Å². The molecule has 3 rings (SSSR count). The van der Waals surface area contributed by atoms with E-state index in [-0.39, 0.29) is 11.8 Å². The zero-order chi connectivity index (χ0) is 17.8. The third-order valence-corrected chi connectivity index (χ3v) is 5.17. The predicted octanol–water partition coefficient (Wildman–Crippen LogP) is 5.24. The van der Waals surface area contributed by atoms with Gasteiger partial charge in [-0.2, -0.15) is 0 Å². The average Bonchev–Trinajstić information content (AvgIpc) is 2.53. The highest BCUT2D eigenvalue weighted by Gasteiger charge is 2.20. The number of benzene rings is 1. The van der Waals surface area contributed by atoms with Crippen molar-refractivity contribution in [3.63, 3.8) is 0 Å². The number of carbonyl (C=O) groups is 1. The lowest BCUT2D eigenvalue weighted by Gasteiger charge is -2.25. The van der Waals surface area contributed by atoms with E-state index in [1.54, 1.807) is 6.20 Å². The molecule has 132 valence electrons. The van der Waals surface area contributed by atoms with Gasteiger partial charge in [0, 0.05) is 22.9 Å². The summed E-state index contributed by atoms with van der Waals surface area (Å²) in [5, 5.41) is 6.37. The Hall–Kier alpha value is -1.88. The number of hydrogen-bond acceptors (Lipinski definition) is 3. The number of pyridine rings is 1. The van der Waals surface area contributed by atoms with E-state index in [0.717, 1.165) is 28.1 Å². The Kier molecular flexibility index (Phi) is 5.74. The van der Waals surface area contributed by atoms with Gasteiger partial charge in [0.25, 0.3) is 5.91 Å². The quantitative estimate of drug-likeness (QED) is 0.695. The van der Waals surface area contributed by atoms with Gasteiger partial charge in [0.15, 0.2) is 0 Å². The second-order valence-electron chi connectivity index (χ2n) is 6.95. The minimum Gasteiger partial charge on any atom is -0.352 e. The van der Waals surface area contributed by atoms with Crippen LogP contribution < -0.4 is 10.6 Å². The van der Waals surface area contributed by atoms with E-state index in [0.29, 0.717) is 11.5 Å². The fourth-order valence-electron chi connectivity index (χ4n) is 2.95. The number of nitrogens with one attached hydrogen (secondary N) is 2. The Morgan fingerprint density at radius 1 is 1.32 bits per heavy atom. The van der Waals surface area contributed by atoms with E-state index < -0.39 is 0 Å². The van der Waals surface area contributed by atoms with Crippen molar-refractivity contribution in [1.29, 1.82) is 0 Å². The molecule has 1 aromatic carbocycles. The van der Waals surface area contributed by atoms with Gasteiger partial charge in [-0.15, -0.1) is 0 Å². The Bertz CT molecular complexity index is 756. The van der Waals surface area contributed by atoms with Gasteiger partial charge in [0.2, 0.25) is 0 Å². The number of amides is 1. The van der Waals surface area contributed by atoms with E-state index in [1.165, 1.54) is 19.3 Å². The third-order valence-electron chi connectivity index (χ3n) is 4.68. The molecule has 5 heteroatoms. The van der Waals surface area contributed by atoms with Crippen molar-refractivity contribution in [2.45, 2.75) is 39.0 Å². The molecule has 2 aromatic rings. The van der Waals surface area contributed by atoms with Crippen LogP contribution in [0.15, 0.2) is 41.0 Å². The zero-order valence-corrected chi connectivity index (χ0v) is 16.3. The summed E-state index contributed by atoms with van der Waals surface area (Å²) >= 11 is 3.47. The van der Waals surface area contributed by atoms with Crippen molar-refractivity contribution < 1.29 is 4.79 Å². The molecule has 1 aliphatic carbocycles. The predicted molar refractivity (Wildman–Crippen MR) is 105 cm³/mol. The second kappa shape index (κ2) is 8.00. The standard InChI is InChI=1S/C20H24BrN3O/c1-13(2)17-10-19(24-16-8-4-7-15(21)9-16)22-12-18(17)20(25)23-11-14-5-3-6-14/h4,7-10,12-14H,3,5-6,11H2,1-2H3,(H,22,24)(H,23,25). The molecule has 0 unspecified atom stereocenters. The van der Waals surface area contributed by atoms with Crippen LogP contribution in [0.3, 0.4) is 0 Å². The fourth-order valence-corrected chi connectivity index (χ4v) is 3.35. The van der Waals surface area contributed by atoms with Gasteiger partial charge in [0.05, 0.1) is 5.56 Å². The Labute approximate surface area is 157 Å². The number of carbonyl (C=O) groups excluding carboxylic acids is 1. The fraction of sp³-hybridized carbons (Fsp3) is 0.400. The van der Waals surface area contributed by atoms with Crippen LogP contribution >= 0.6 is 15.9 Å². The first-order valence-electron chi connectivity index (χ1n) is 8.83. The molecule has 1 heterocycles. The summed E-state index contributed by atoms with van der Waals surface area (Å²) in [5.41, 5.74) is 2.64. The molecule has 0 spiro atoms. The molecule has 1 fully saturated rings. The van der Waals surface area contributed by atoms with Gasteiger partial charge >= 0.3 is 0 Å². The molecule has 1 aromatic heterocycles. The van der Waals surface area contributed by atoms with E-state index in [4.69, 9.17) is 0 Å². The minimum atomic E-state index is -0.0166. The molecule has 0 radical (unpaired) electrons. The summed E-state index contributed by atoms with van der Waals surface area (Å²) in [4.78, 5) is 17.0. The Morgan fingerprint density at radius 3 is 2.76 bits per heavy atom. The summed E-state index contributed by atoms with van der Waals surface area (Å²) in [5.74, 6) is 1.63. The second-order valence-corrected chi connectivity index (χ2v) is 7.87. The van der Waals surface area contributed by atoms with Crippen LogP contribution in [0, 0.1) is 5.92 Å². The minimum absolute atomic E-state index is 0.0166. The molecule has 0 aliphatic heterocycles. The van der Waals surface area contributed by atoms with Crippen molar-refractivity contribution in [1.82, 2.24) is 10.3 Å². The normalized spacial score (nSPS) is 14.2. The van der Waals surface area contributed by atoms with Crippen LogP contribution in [0.1, 0.15) is 54.9 Å². The summed E-state index contributed by atoms with van der Waals surface area (Å²) in [6, 6.07) is 9.91. The topological polar surface area (TPSA) is 54.0 Å². The number of rotatable bonds is 6. The summed E-state index contributed by atoms with van der Waals surface area (Å²) < 4.78 is 1.01. The van der Waals surface area contributed by atoms with E-state index in [2.05, 4.69) is 45.4 Å². The van der Waals surface area contributed by atoms with Crippen LogP contribution in [0.25, 0.3) is 0 Å². The van der Waals surface area contributed by atoms with Crippen LogP contribution in [0.4, 0.5) is 11.5 Å². The molecule has 0 saturated heterocycles. The van der Waals surface area contributed by atoms with Crippen LogP contribution in [-0.4, -0.2) is 17.4 Å². The van der Waals surface area contributed by atoms with Crippen molar-refractivity contribution >= 4 is 33.3 Å². The van der Waals surface area contributed by atoms with Crippen molar-refractivity contribution in [2.75, 3.05) is 11.9 Å². The van der Waals surface area contributed by atoms with Crippen molar-refractivity contribution in [2.24, 2.45) is 5.92 Å². The Balaban J connectivity index is 1.76. The first-order valence-corrected chi connectivity index (χ1v) is 9.63. The summed E-state index contributed by atoms with van der Waals surface area (Å²) in [6.45, 7) is 4.97. The highest BCUT2D eigenvalue weighted by molar-refractivity contribution is 9.10. The summed E-state index contributed by atoms with van der Waals surface area (Å²) in [6.07, 6.45) is 5.43. The lowest BCUT2D eigenvalue weighted by atomic mass is 9.85. The molecule has 25 heavy (non-hydrogen) atoms. The molecular formula is C20H24BrN3O. The number of nitrogens with zero attached hydrogens (tertiary/aromatic N) is 1. The van der Waals surface area contributed by atoms with Gasteiger partial charge in [0.1, 0.15) is 5.82 Å². The highest BCUT2D eigenvalue weighted by atomic mass is 79.9.